The minimum absolute atomic E-state index is 0.0733. The van der Waals surface area contributed by atoms with Gasteiger partial charge in [0.1, 0.15) is 0 Å². The number of carbonyl (C=O) groups excluding carboxylic acids is 1. The molecule has 2 aromatic carbocycles. The maximum Gasteiger partial charge on any atom is 0.221 e. The highest BCUT2D eigenvalue weighted by Gasteiger charge is 2.01. The summed E-state index contributed by atoms with van der Waals surface area (Å²) in [6, 6.07) is 13.3. The molecule has 0 aliphatic carbocycles. The van der Waals surface area contributed by atoms with Crippen molar-refractivity contribution in [2.24, 2.45) is 0 Å². The highest BCUT2D eigenvalue weighted by molar-refractivity contribution is 9.10. The average Bonchev–Trinajstić information content (AvgIpc) is 2.39. The minimum Gasteiger partial charge on any atom is -0.381 e. The lowest BCUT2D eigenvalue weighted by Crippen LogP contribution is -2.05. The summed E-state index contributed by atoms with van der Waals surface area (Å²) in [4.78, 5) is 10.9. The Balaban J connectivity index is 1.98. The SMILES string of the molecule is CC(=O)Nc1ccc(NCc2ccc(Cl)cc2Br)cc1. The van der Waals surface area contributed by atoms with Crippen molar-refractivity contribution < 1.29 is 4.79 Å². The maximum absolute atomic E-state index is 10.9. The van der Waals surface area contributed by atoms with E-state index >= 15 is 0 Å². The lowest BCUT2D eigenvalue weighted by molar-refractivity contribution is -0.114. The molecule has 104 valence electrons. The van der Waals surface area contributed by atoms with Gasteiger partial charge in [-0.15, -0.1) is 0 Å². The molecule has 2 rings (SSSR count). The van der Waals surface area contributed by atoms with Crippen molar-refractivity contribution >= 4 is 44.8 Å². The van der Waals surface area contributed by atoms with Gasteiger partial charge in [0.2, 0.25) is 5.91 Å². The van der Waals surface area contributed by atoms with Crippen molar-refractivity contribution in [3.05, 3.63) is 57.5 Å². The highest BCUT2D eigenvalue weighted by Crippen LogP contribution is 2.23. The maximum atomic E-state index is 10.9. The first kappa shape index (κ1) is 14.9. The first-order valence-corrected chi connectivity index (χ1v) is 7.27. The summed E-state index contributed by atoms with van der Waals surface area (Å²) in [6.45, 7) is 2.18. The molecule has 0 aliphatic rings. The summed E-state index contributed by atoms with van der Waals surface area (Å²) < 4.78 is 0.979. The van der Waals surface area contributed by atoms with Crippen LogP contribution in [-0.4, -0.2) is 5.91 Å². The molecule has 0 atom stereocenters. The normalized spacial score (nSPS) is 10.2. The van der Waals surface area contributed by atoms with Crippen molar-refractivity contribution in [1.82, 2.24) is 0 Å². The van der Waals surface area contributed by atoms with Crippen LogP contribution in [0.5, 0.6) is 0 Å². The highest BCUT2D eigenvalue weighted by atomic mass is 79.9. The number of hydrogen-bond acceptors (Lipinski definition) is 2. The van der Waals surface area contributed by atoms with E-state index in [0.717, 1.165) is 21.4 Å². The molecule has 0 bridgehead atoms. The zero-order valence-electron chi connectivity index (χ0n) is 10.9. The molecule has 0 fully saturated rings. The van der Waals surface area contributed by atoms with Gasteiger partial charge in [0, 0.05) is 34.3 Å². The van der Waals surface area contributed by atoms with Crippen LogP contribution in [0, 0.1) is 0 Å². The van der Waals surface area contributed by atoms with E-state index in [-0.39, 0.29) is 5.91 Å². The molecule has 3 nitrogen and oxygen atoms in total. The molecule has 0 saturated heterocycles. The van der Waals surface area contributed by atoms with Gasteiger partial charge in [0.15, 0.2) is 0 Å². The standard InChI is InChI=1S/C15H14BrClN2O/c1-10(20)19-14-6-4-13(5-7-14)18-9-11-2-3-12(17)8-15(11)16/h2-8,18H,9H2,1H3,(H,19,20). The van der Waals surface area contributed by atoms with Crippen LogP contribution in [0.25, 0.3) is 0 Å². The van der Waals surface area contributed by atoms with Crippen molar-refractivity contribution in [3.63, 3.8) is 0 Å². The first-order chi connectivity index (χ1) is 9.54. The van der Waals surface area contributed by atoms with Crippen LogP contribution < -0.4 is 10.6 Å². The van der Waals surface area contributed by atoms with E-state index in [0.29, 0.717) is 11.6 Å². The topological polar surface area (TPSA) is 41.1 Å². The van der Waals surface area contributed by atoms with Crippen LogP contribution in [0.3, 0.4) is 0 Å². The van der Waals surface area contributed by atoms with Gasteiger partial charge in [-0.25, -0.2) is 0 Å². The van der Waals surface area contributed by atoms with Gasteiger partial charge in [-0.3, -0.25) is 4.79 Å². The second-order valence-corrected chi connectivity index (χ2v) is 5.64. The molecule has 0 aliphatic heterocycles. The third-order valence-electron chi connectivity index (χ3n) is 2.70. The lowest BCUT2D eigenvalue weighted by atomic mass is 10.2. The second kappa shape index (κ2) is 6.77. The fourth-order valence-corrected chi connectivity index (χ4v) is 2.56. The Kier molecular flexibility index (Phi) is 5.04. The van der Waals surface area contributed by atoms with Crippen molar-refractivity contribution in [2.75, 3.05) is 10.6 Å². The van der Waals surface area contributed by atoms with Gasteiger partial charge in [-0.05, 0) is 42.0 Å². The van der Waals surface area contributed by atoms with Crippen LogP contribution in [0.1, 0.15) is 12.5 Å². The number of benzene rings is 2. The van der Waals surface area contributed by atoms with Gasteiger partial charge < -0.3 is 10.6 Å². The predicted molar refractivity (Wildman–Crippen MR) is 87.2 cm³/mol. The summed E-state index contributed by atoms with van der Waals surface area (Å²) in [6.07, 6.45) is 0. The third-order valence-corrected chi connectivity index (χ3v) is 3.68. The third kappa shape index (κ3) is 4.25. The number of halogens is 2. The number of amides is 1. The first-order valence-electron chi connectivity index (χ1n) is 6.10. The van der Waals surface area contributed by atoms with Gasteiger partial charge >= 0.3 is 0 Å². The molecule has 2 aromatic rings. The molecule has 1 amide bonds. The van der Waals surface area contributed by atoms with Crippen LogP contribution >= 0.6 is 27.5 Å². The van der Waals surface area contributed by atoms with Crippen molar-refractivity contribution in [1.29, 1.82) is 0 Å². The van der Waals surface area contributed by atoms with Gasteiger partial charge in [0.25, 0.3) is 0 Å². The van der Waals surface area contributed by atoms with E-state index < -0.39 is 0 Å². The van der Waals surface area contributed by atoms with Crippen LogP contribution in [-0.2, 0) is 11.3 Å². The fourth-order valence-electron chi connectivity index (χ4n) is 1.74. The molecule has 0 aromatic heterocycles. The van der Waals surface area contributed by atoms with Gasteiger partial charge in [0.05, 0.1) is 0 Å². The Morgan fingerprint density at radius 3 is 2.40 bits per heavy atom. The summed E-state index contributed by atoms with van der Waals surface area (Å²) in [5.41, 5.74) is 2.90. The number of nitrogens with one attached hydrogen (secondary N) is 2. The quantitative estimate of drug-likeness (QED) is 0.838. The summed E-state index contributed by atoms with van der Waals surface area (Å²) in [7, 11) is 0. The summed E-state index contributed by atoms with van der Waals surface area (Å²) >= 11 is 9.40. The molecule has 2 N–H and O–H groups in total. The smallest absolute Gasteiger partial charge is 0.221 e. The summed E-state index contributed by atoms with van der Waals surface area (Å²) in [5, 5.41) is 6.76. The monoisotopic (exact) mass is 352 g/mol. The van der Waals surface area contributed by atoms with E-state index in [2.05, 4.69) is 26.6 Å². The Labute approximate surface area is 131 Å². The molecule has 0 heterocycles. The van der Waals surface area contributed by atoms with E-state index in [1.807, 2.05) is 42.5 Å². The number of hydrogen-bond donors (Lipinski definition) is 2. The summed E-state index contributed by atoms with van der Waals surface area (Å²) in [5.74, 6) is -0.0733. The van der Waals surface area contributed by atoms with E-state index in [1.54, 1.807) is 0 Å². The fraction of sp³-hybridized carbons (Fsp3) is 0.133. The molecular formula is C15H14BrClN2O. The Hall–Kier alpha value is -1.52. The largest absolute Gasteiger partial charge is 0.381 e. The molecular weight excluding hydrogens is 340 g/mol. The zero-order valence-corrected chi connectivity index (χ0v) is 13.3. The molecule has 20 heavy (non-hydrogen) atoms. The molecule has 0 saturated carbocycles. The number of carbonyl (C=O) groups is 1. The van der Waals surface area contributed by atoms with Crippen LogP contribution in [0.2, 0.25) is 5.02 Å². The van der Waals surface area contributed by atoms with Crippen LogP contribution in [0.4, 0.5) is 11.4 Å². The minimum atomic E-state index is -0.0733. The van der Waals surface area contributed by atoms with Gasteiger partial charge in [-0.2, -0.15) is 0 Å². The zero-order chi connectivity index (χ0) is 14.5. The van der Waals surface area contributed by atoms with E-state index in [9.17, 15) is 4.79 Å². The molecule has 0 unspecified atom stereocenters. The molecule has 0 spiro atoms. The molecule has 5 heteroatoms. The number of rotatable bonds is 4. The Bertz CT molecular complexity index is 614. The Morgan fingerprint density at radius 1 is 1.15 bits per heavy atom. The van der Waals surface area contributed by atoms with Gasteiger partial charge in [-0.1, -0.05) is 33.6 Å². The van der Waals surface area contributed by atoms with E-state index in [1.165, 1.54) is 6.92 Å². The molecule has 0 radical (unpaired) electrons. The average molecular weight is 354 g/mol. The predicted octanol–water partition coefficient (Wildman–Crippen LogP) is 4.67. The number of anilines is 2. The van der Waals surface area contributed by atoms with Crippen molar-refractivity contribution in [3.8, 4) is 0 Å². The van der Waals surface area contributed by atoms with E-state index in [4.69, 9.17) is 11.6 Å². The Morgan fingerprint density at radius 2 is 1.80 bits per heavy atom. The lowest BCUT2D eigenvalue weighted by Gasteiger charge is -2.09. The van der Waals surface area contributed by atoms with Crippen molar-refractivity contribution in [2.45, 2.75) is 13.5 Å². The second-order valence-electron chi connectivity index (χ2n) is 4.35. The van der Waals surface area contributed by atoms with Crippen LogP contribution in [0.15, 0.2) is 46.9 Å².